The summed E-state index contributed by atoms with van der Waals surface area (Å²) in [7, 11) is 3.10. The standard InChI is InChI=1S/C24H22N2O5/c1-15-20(13-25)23(28)26(14-17-6-10-19(31-3)11-7-17)24(29)22(15)21(27)12-16-4-8-18(30-2)9-5-16/h4-11,29H,12,14H2,1-3H3. The molecule has 0 aliphatic heterocycles. The van der Waals surface area contributed by atoms with Crippen LogP contribution in [-0.4, -0.2) is 29.7 Å². The third kappa shape index (κ3) is 4.43. The number of hydrogen-bond donors (Lipinski definition) is 1. The lowest BCUT2D eigenvalue weighted by atomic mass is 9.97. The number of carbonyl (C=O) groups is 1. The Kier molecular flexibility index (Phi) is 6.41. The quantitative estimate of drug-likeness (QED) is 0.591. The van der Waals surface area contributed by atoms with Gasteiger partial charge in [0.15, 0.2) is 5.78 Å². The van der Waals surface area contributed by atoms with Crippen molar-refractivity contribution in [3.05, 3.63) is 86.7 Å². The molecule has 1 aromatic heterocycles. The van der Waals surface area contributed by atoms with Crippen molar-refractivity contribution in [2.45, 2.75) is 19.9 Å². The third-order valence-corrected chi connectivity index (χ3v) is 5.10. The highest BCUT2D eigenvalue weighted by molar-refractivity contribution is 6.01. The number of ether oxygens (including phenoxy) is 2. The van der Waals surface area contributed by atoms with Gasteiger partial charge < -0.3 is 14.6 Å². The summed E-state index contributed by atoms with van der Waals surface area (Å²) < 4.78 is 11.3. The number of nitriles is 1. The Morgan fingerprint density at radius 1 is 1.00 bits per heavy atom. The van der Waals surface area contributed by atoms with E-state index >= 15 is 0 Å². The summed E-state index contributed by atoms with van der Waals surface area (Å²) in [4.78, 5) is 25.8. The Morgan fingerprint density at radius 3 is 2.00 bits per heavy atom. The Bertz CT molecular complexity index is 1200. The molecule has 0 spiro atoms. The highest BCUT2D eigenvalue weighted by Gasteiger charge is 2.24. The SMILES string of the molecule is COc1ccc(CC(=O)c2c(C)c(C#N)c(=O)n(Cc3ccc(OC)cc3)c2O)cc1. The Labute approximate surface area is 179 Å². The molecule has 7 heteroatoms. The summed E-state index contributed by atoms with van der Waals surface area (Å²) in [5, 5.41) is 20.4. The molecule has 0 aliphatic carbocycles. The van der Waals surface area contributed by atoms with Crippen molar-refractivity contribution < 1.29 is 19.4 Å². The predicted molar refractivity (Wildman–Crippen MR) is 115 cm³/mol. The molecular formula is C24H22N2O5. The van der Waals surface area contributed by atoms with E-state index in [0.29, 0.717) is 17.1 Å². The van der Waals surface area contributed by atoms with E-state index in [4.69, 9.17) is 9.47 Å². The fourth-order valence-electron chi connectivity index (χ4n) is 3.36. The van der Waals surface area contributed by atoms with Crippen LogP contribution in [0.15, 0.2) is 53.3 Å². The van der Waals surface area contributed by atoms with Gasteiger partial charge in [0.25, 0.3) is 5.56 Å². The molecule has 0 saturated heterocycles. The smallest absolute Gasteiger partial charge is 0.271 e. The normalized spacial score (nSPS) is 10.4. The molecule has 0 aliphatic rings. The van der Waals surface area contributed by atoms with E-state index in [1.807, 2.05) is 6.07 Å². The van der Waals surface area contributed by atoms with Crippen molar-refractivity contribution in [3.8, 4) is 23.4 Å². The molecule has 0 atom stereocenters. The van der Waals surface area contributed by atoms with Crippen LogP contribution < -0.4 is 15.0 Å². The molecule has 0 bridgehead atoms. The molecule has 0 radical (unpaired) electrons. The third-order valence-electron chi connectivity index (χ3n) is 5.10. The number of hydrogen-bond acceptors (Lipinski definition) is 6. The van der Waals surface area contributed by atoms with Crippen LogP contribution in [0.3, 0.4) is 0 Å². The van der Waals surface area contributed by atoms with Crippen molar-refractivity contribution in [2.24, 2.45) is 0 Å². The van der Waals surface area contributed by atoms with E-state index in [9.17, 15) is 20.0 Å². The van der Waals surface area contributed by atoms with Gasteiger partial charge in [-0.1, -0.05) is 24.3 Å². The second-order valence-corrected chi connectivity index (χ2v) is 7.00. The van der Waals surface area contributed by atoms with Crippen LogP contribution in [0.1, 0.15) is 32.6 Å². The van der Waals surface area contributed by atoms with Gasteiger partial charge in [-0.15, -0.1) is 0 Å². The lowest BCUT2D eigenvalue weighted by Gasteiger charge is -2.16. The van der Waals surface area contributed by atoms with Gasteiger partial charge in [0.1, 0.15) is 23.1 Å². The van der Waals surface area contributed by atoms with Gasteiger partial charge in [0, 0.05) is 6.42 Å². The lowest BCUT2D eigenvalue weighted by Crippen LogP contribution is -2.27. The van der Waals surface area contributed by atoms with E-state index in [0.717, 1.165) is 10.1 Å². The second-order valence-electron chi connectivity index (χ2n) is 7.00. The number of benzene rings is 2. The number of nitrogens with zero attached hydrogens (tertiary/aromatic N) is 2. The molecule has 158 valence electrons. The Balaban J connectivity index is 2.02. The van der Waals surface area contributed by atoms with Crippen LogP contribution in [0.25, 0.3) is 0 Å². The topological polar surface area (TPSA) is 102 Å². The van der Waals surface area contributed by atoms with Gasteiger partial charge in [-0.3, -0.25) is 14.2 Å². The van der Waals surface area contributed by atoms with E-state index in [-0.39, 0.29) is 35.4 Å². The first-order valence-corrected chi connectivity index (χ1v) is 9.55. The maximum absolute atomic E-state index is 13.0. The van der Waals surface area contributed by atoms with Gasteiger partial charge in [-0.05, 0) is 47.9 Å². The molecule has 7 nitrogen and oxygen atoms in total. The minimum Gasteiger partial charge on any atom is -0.497 e. The van der Waals surface area contributed by atoms with Crippen LogP contribution in [0.5, 0.6) is 17.4 Å². The first-order chi connectivity index (χ1) is 14.9. The molecule has 3 rings (SSSR count). The van der Waals surface area contributed by atoms with E-state index in [2.05, 4.69) is 0 Å². The highest BCUT2D eigenvalue weighted by atomic mass is 16.5. The lowest BCUT2D eigenvalue weighted by molar-refractivity contribution is 0.0988. The predicted octanol–water partition coefficient (Wildman–Crippen LogP) is 3.22. The van der Waals surface area contributed by atoms with Gasteiger partial charge in [-0.25, -0.2) is 0 Å². The Hall–Kier alpha value is -4.05. The molecular weight excluding hydrogens is 396 g/mol. The number of carbonyl (C=O) groups excluding carboxylic acids is 1. The molecule has 0 unspecified atom stereocenters. The van der Waals surface area contributed by atoms with E-state index in [1.165, 1.54) is 6.92 Å². The maximum atomic E-state index is 13.0. The molecule has 31 heavy (non-hydrogen) atoms. The van der Waals surface area contributed by atoms with Crippen molar-refractivity contribution >= 4 is 5.78 Å². The number of Topliss-reactive ketones (excluding diaryl/α,β-unsaturated/α-hetero) is 1. The molecule has 0 fully saturated rings. The average Bonchev–Trinajstić information content (AvgIpc) is 2.78. The molecule has 2 aromatic carbocycles. The zero-order valence-electron chi connectivity index (χ0n) is 17.5. The molecule has 3 aromatic rings. The van der Waals surface area contributed by atoms with Crippen LogP contribution in [-0.2, 0) is 13.0 Å². The minimum atomic E-state index is -0.644. The van der Waals surface area contributed by atoms with Crippen molar-refractivity contribution in [2.75, 3.05) is 14.2 Å². The maximum Gasteiger partial charge on any atom is 0.271 e. The minimum absolute atomic E-state index is 0.00397. The number of aromatic nitrogens is 1. The van der Waals surface area contributed by atoms with Crippen LogP contribution in [0, 0.1) is 18.3 Å². The summed E-state index contributed by atoms with van der Waals surface area (Å²) in [5.74, 6) is 0.475. The summed E-state index contributed by atoms with van der Waals surface area (Å²) in [6.07, 6.45) is 0.00397. The van der Waals surface area contributed by atoms with E-state index in [1.54, 1.807) is 62.8 Å². The Morgan fingerprint density at radius 2 is 1.52 bits per heavy atom. The fourth-order valence-corrected chi connectivity index (χ4v) is 3.36. The van der Waals surface area contributed by atoms with Crippen molar-refractivity contribution in [1.29, 1.82) is 5.26 Å². The number of pyridine rings is 1. The molecule has 1 heterocycles. The summed E-state index contributed by atoms with van der Waals surface area (Å²) in [6.45, 7) is 1.51. The van der Waals surface area contributed by atoms with Crippen molar-refractivity contribution in [1.82, 2.24) is 4.57 Å². The van der Waals surface area contributed by atoms with Gasteiger partial charge in [-0.2, -0.15) is 5.26 Å². The fraction of sp³-hybridized carbons (Fsp3) is 0.208. The van der Waals surface area contributed by atoms with Gasteiger partial charge in [0.2, 0.25) is 5.88 Å². The first-order valence-electron chi connectivity index (χ1n) is 9.55. The monoisotopic (exact) mass is 418 g/mol. The van der Waals surface area contributed by atoms with Crippen LogP contribution in [0.2, 0.25) is 0 Å². The van der Waals surface area contributed by atoms with Crippen LogP contribution in [0.4, 0.5) is 0 Å². The molecule has 0 saturated carbocycles. The largest absolute Gasteiger partial charge is 0.497 e. The van der Waals surface area contributed by atoms with Gasteiger partial charge in [0.05, 0.1) is 26.3 Å². The number of aromatic hydroxyl groups is 1. The summed E-state index contributed by atoms with van der Waals surface area (Å²) in [6, 6.07) is 15.8. The van der Waals surface area contributed by atoms with Crippen LogP contribution >= 0.6 is 0 Å². The first kappa shape index (κ1) is 21.7. The number of ketones is 1. The average molecular weight is 418 g/mol. The number of methoxy groups -OCH3 is 2. The zero-order valence-corrected chi connectivity index (χ0v) is 17.5. The van der Waals surface area contributed by atoms with Gasteiger partial charge >= 0.3 is 0 Å². The summed E-state index contributed by atoms with van der Waals surface area (Å²) >= 11 is 0. The van der Waals surface area contributed by atoms with E-state index < -0.39 is 11.4 Å². The molecule has 1 N–H and O–H groups in total. The van der Waals surface area contributed by atoms with Crippen molar-refractivity contribution in [3.63, 3.8) is 0 Å². The molecule has 0 amide bonds. The zero-order chi connectivity index (χ0) is 22.5. The highest BCUT2D eigenvalue weighted by Crippen LogP contribution is 2.25. The number of rotatable bonds is 7. The second kappa shape index (κ2) is 9.18. The summed E-state index contributed by atoms with van der Waals surface area (Å²) in [5.41, 5.74) is 0.768.